The molecule has 0 aromatic heterocycles. The van der Waals surface area contributed by atoms with E-state index in [1.54, 1.807) is 0 Å². The van der Waals surface area contributed by atoms with E-state index in [9.17, 15) is 0 Å². The summed E-state index contributed by atoms with van der Waals surface area (Å²) < 4.78 is 0. The molecule has 0 saturated heterocycles. The van der Waals surface area contributed by atoms with Crippen LogP contribution in [0.15, 0.2) is 42.5 Å². The van der Waals surface area contributed by atoms with Crippen molar-refractivity contribution in [2.75, 3.05) is 0 Å². The fourth-order valence-corrected chi connectivity index (χ4v) is 1.82. The van der Waals surface area contributed by atoms with Crippen LogP contribution in [0.3, 0.4) is 0 Å². The first-order valence-corrected chi connectivity index (χ1v) is 5.55. The molecule has 0 aliphatic heterocycles. The van der Waals surface area contributed by atoms with Gasteiger partial charge >= 0.3 is 0 Å². The molecule has 0 atom stereocenters. The lowest BCUT2D eigenvalue weighted by atomic mass is 10.0. The predicted molar refractivity (Wildman–Crippen MR) is 67.5 cm³/mol. The summed E-state index contributed by atoms with van der Waals surface area (Å²) in [5.74, 6) is 0. The average Bonchev–Trinajstić information content (AvgIpc) is 2.30. The second kappa shape index (κ2) is 4.69. The number of aryl methyl sites for hydroxylation is 1. The Labute approximate surface area is 100 Å². The molecule has 2 heteroatoms. The molecule has 0 unspecified atom stereocenters. The van der Waals surface area contributed by atoms with Crippen LogP contribution >= 0.6 is 11.6 Å². The molecule has 0 amide bonds. The minimum atomic E-state index is 0.0900. The van der Waals surface area contributed by atoms with Gasteiger partial charge in [-0.05, 0) is 41.3 Å². The van der Waals surface area contributed by atoms with E-state index in [1.165, 1.54) is 0 Å². The third-order valence-corrected chi connectivity index (χ3v) is 2.94. The van der Waals surface area contributed by atoms with Crippen LogP contribution in [-0.4, -0.2) is 5.11 Å². The van der Waals surface area contributed by atoms with Gasteiger partial charge in [-0.3, -0.25) is 0 Å². The highest BCUT2D eigenvalue weighted by Gasteiger charge is 2.01. The molecule has 0 heterocycles. The lowest BCUT2D eigenvalue weighted by molar-refractivity contribution is 0.281. The Morgan fingerprint density at radius 3 is 2.19 bits per heavy atom. The molecule has 2 rings (SSSR count). The van der Waals surface area contributed by atoms with Crippen LogP contribution in [0.4, 0.5) is 0 Å². The van der Waals surface area contributed by atoms with Gasteiger partial charge in [0.15, 0.2) is 0 Å². The van der Waals surface area contributed by atoms with E-state index >= 15 is 0 Å². The van der Waals surface area contributed by atoms with Crippen LogP contribution < -0.4 is 0 Å². The highest BCUT2D eigenvalue weighted by atomic mass is 35.5. The van der Waals surface area contributed by atoms with Gasteiger partial charge in [0, 0.05) is 5.02 Å². The Kier molecular flexibility index (Phi) is 3.28. The van der Waals surface area contributed by atoms with Crippen molar-refractivity contribution < 1.29 is 5.11 Å². The molecule has 1 nitrogen and oxygen atoms in total. The van der Waals surface area contributed by atoms with Crippen molar-refractivity contribution in [1.29, 1.82) is 0 Å². The van der Waals surface area contributed by atoms with Gasteiger partial charge in [0.2, 0.25) is 0 Å². The third-order valence-electron chi connectivity index (χ3n) is 2.69. The van der Waals surface area contributed by atoms with E-state index in [1.807, 2.05) is 43.3 Å². The maximum Gasteiger partial charge on any atom is 0.0684 e. The summed E-state index contributed by atoms with van der Waals surface area (Å²) in [7, 11) is 0. The summed E-state index contributed by atoms with van der Waals surface area (Å²) in [5.41, 5.74) is 4.36. The van der Waals surface area contributed by atoms with Gasteiger partial charge in [0.05, 0.1) is 6.61 Å². The minimum Gasteiger partial charge on any atom is -0.392 e. The Morgan fingerprint density at radius 2 is 1.62 bits per heavy atom. The fourth-order valence-electron chi connectivity index (χ4n) is 1.70. The van der Waals surface area contributed by atoms with Crippen molar-refractivity contribution in [2.24, 2.45) is 0 Å². The predicted octanol–water partition coefficient (Wildman–Crippen LogP) is 3.81. The van der Waals surface area contributed by atoms with Crippen molar-refractivity contribution in [3.63, 3.8) is 0 Å². The molecule has 2 aromatic rings. The highest BCUT2D eigenvalue weighted by molar-refractivity contribution is 6.30. The van der Waals surface area contributed by atoms with Crippen molar-refractivity contribution in [2.45, 2.75) is 13.5 Å². The Hall–Kier alpha value is -1.31. The zero-order chi connectivity index (χ0) is 11.5. The summed E-state index contributed by atoms with van der Waals surface area (Å²) in [6.45, 7) is 2.09. The molecule has 0 fully saturated rings. The van der Waals surface area contributed by atoms with E-state index in [0.717, 1.165) is 27.3 Å². The lowest BCUT2D eigenvalue weighted by Crippen LogP contribution is -1.89. The van der Waals surface area contributed by atoms with E-state index in [-0.39, 0.29) is 6.61 Å². The normalized spacial score (nSPS) is 10.4. The standard InChI is InChI=1S/C14H13ClO/c1-10-8-12(2-3-13(10)9-16)11-4-6-14(15)7-5-11/h2-8,16H,9H2,1H3. The van der Waals surface area contributed by atoms with Crippen molar-refractivity contribution in [1.82, 2.24) is 0 Å². The van der Waals surface area contributed by atoms with Crippen LogP contribution in [0.25, 0.3) is 11.1 Å². The second-order valence-corrected chi connectivity index (χ2v) is 4.24. The van der Waals surface area contributed by atoms with E-state index in [0.29, 0.717) is 0 Å². The zero-order valence-electron chi connectivity index (χ0n) is 9.07. The third kappa shape index (κ3) is 2.26. The molecule has 16 heavy (non-hydrogen) atoms. The molecule has 2 aromatic carbocycles. The monoisotopic (exact) mass is 232 g/mol. The highest BCUT2D eigenvalue weighted by Crippen LogP contribution is 2.23. The molecule has 0 bridgehead atoms. The number of aliphatic hydroxyl groups is 1. The number of aliphatic hydroxyl groups excluding tert-OH is 1. The van der Waals surface area contributed by atoms with E-state index in [2.05, 4.69) is 6.07 Å². The van der Waals surface area contributed by atoms with Crippen LogP contribution in [0.1, 0.15) is 11.1 Å². The van der Waals surface area contributed by atoms with E-state index in [4.69, 9.17) is 16.7 Å². The molecule has 0 radical (unpaired) electrons. The molecule has 82 valence electrons. The van der Waals surface area contributed by atoms with Crippen LogP contribution in [0, 0.1) is 6.92 Å². The smallest absolute Gasteiger partial charge is 0.0684 e. The first-order chi connectivity index (χ1) is 7.70. The molecule has 0 aliphatic carbocycles. The summed E-state index contributed by atoms with van der Waals surface area (Å²) in [6.07, 6.45) is 0. The SMILES string of the molecule is Cc1cc(-c2ccc(Cl)cc2)ccc1CO. The summed E-state index contributed by atoms with van der Waals surface area (Å²) >= 11 is 5.85. The largest absolute Gasteiger partial charge is 0.392 e. The maximum atomic E-state index is 9.10. The summed E-state index contributed by atoms with van der Waals surface area (Å²) in [6, 6.07) is 13.8. The number of hydrogen-bond acceptors (Lipinski definition) is 1. The quantitative estimate of drug-likeness (QED) is 0.835. The maximum absolute atomic E-state index is 9.10. The molecular formula is C14H13ClO. The number of rotatable bonds is 2. The van der Waals surface area contributed by atoms with Gasteiger partial charge in [-0.2, -0.15) is 0 Å². The molecule has 0 aliphatic rings. The van der Waals surface area contributed by atoms with Crippen molar-refractivity contribution >= 4 is 11.6 Å². The minimum absolute atomic E-state index is 0.0900. The Balaban J connectivity index is 2.41. The zero-order valence-corrected chi connectivity index (χ0v) is 9.83. The number of benzene rings is 2. The lowest BCUT2D eigenvalue weighted by Gasteiger charge is -2.06. The van der Waals surface area contributed by atoms with Gasteiger partial charge in [0.1, 0.15) is 0 Å². The average molecular weight is 233 g/mol. The topological polar surface area (TPSA) is 20.2 Å². The second-order valence-electron chi connectivity index (χ2n) is 3.81. The fraction of sp³-hybridized carbons (Fsp3) is 0.143. The first-order valence-electron chi connectivity index (χ1n) is 5.17. The van der Waals surface area contributed by atoms with Gasteiger partial charge < -0.3 is 5.11 Å². The molecule has 1 N–H and O–H groups in total. The summed E-state index contributed by atoms with van der Waals surface area (Å²) in [5, 5.41) is 9.84. The van der Waals surface area contributed by atoms with Crippen molar-refractivity contribution in [3.8, 4) is 11.1 Å². The van der Waals surface area contributed by atoms with Crippen LogP contribution in [0.2, 0.25) is 5.02 Å². The molecular weight excluding hydrogens is 220 g/mol. The number of hydrogen-bond donors (Lipinski definition) is 1. The van der Waals surface area contributed by atoms with Crippen molar-refractivity contribution in [3.05, 3.63) is 58.6 Å². The van der Waals surface area contributed by atoms with E-state index < -0.39 is 0 Å². The summed E-state index contributed by atoms with van der Waals surface area (Å²) in [4.78, 5) is 0. The Bertz CT molecular complexity index is 489. The van der Waals surface area contributed by atoms with Gasteiger partial charge in [-0.25, -0.2) is 0 Å². The van der Waals surface area contributed by atoms with Crippen LogP contribution in [-0.2, 0) is 6.61 Å². The van der Waals surface area contributed by atoms with Gasteiger partial charge in [0.25, 0.3) is 0 Å². The first kappa shape index (κ1) is 11.2. The number of halogens is 1. The Morgan fingerprint density at radius 1 is 1.00 bits per heavy atom. The molecule has 0 saturated carbocycles. The van der Waals surface area contributed by atoms with Gasteiger partial charge in [-0.15, -0.1) is 0 Å². The van der Waals surface area contributed by atoms with Crippen LogP contribution in [0.5, 0.6) is 0 Å². The molecule has 0 spiro atoms. The van der Waals surface area contributed by atoms with Gasteiger partial charge in [-0.1, -0.05) is 41.9 Å².